The number of aryl methyl sites for hydroxylation is 1. The van der Waals surface area contributed by atoms with Crippen LogP contribution in [0.1, 0.15) is 16.1 Å². The van der Waals surface area contributed by atoms with Crippen molar-refractivity contribution >= 4 is 28.4 Å². The Bertz CT molecular complexity index is 656. The van der Waals surface area contributed by atoms with E-state index in [1.807, 2.05) is 30.0 Å². The fraction of sp³-hybridized carbons (Fsp3) is 0.400. The van der Waals surface area contributed by atoms with Crippen molar-refractivity contribution in [2.45, 2.75) is 6.92 Å². The number of H-pyrrole nitrogens is 1. The van der Waals surface area contributed by atoms with Crippen molar-refractivity contribution in [2.75, 3.05) is 33.2 Å². The standard InChI is InChI=1S/C15H18ClN3O/c1-10-12-4-3-11(16)9-13(12)17-14(10)15(20)19-7-5-18(2)6-8-19/h3-4,9,17H,5-8H2,1-2H3. The highest BCUT2D eigenvalue weighted by molar-refractivity contribution is 6.31. The van der Waals surface area contributed by atoms with Gasteiger partial charge in [-0.25, -0.2) is 0 Å². The Hall–Kier alpha value is -1.52. The second kappa shape index (κ2) is 5.11. The molecule has 0 atom stereocenters. The van der Waals surface area contributed by atoms with Crippen molar-refractivity contribution in [3.8, 4) is 0 Å². The van der Waals surface area contributed by atoms with Crippen LogP contribution in [-0.2, 0) is 0 Å². The highest BCUT2D eigenvalue weighted by Gasteiger charge is 2.23. The van der Waals surface area contributed by atoms with Crippen LogP contribution in [0.15, 0.2) is 18.2 Å². The molecule has 1 aromatic carbocycles. The molecule has 0 aliphatic carbocycles. The average molecular weight is 292 g/mol. The summed E-state index contributed by atoms with van der Waals surface area (Å²) in [5.74, 6) is 0.0860. The van der Waals surface area contributed by atoms with Gasteiger partial charge in [0.05, 0.1) is 0 Å². The molecule has 1 amide bonds. The van der Waals surface area contributed by atoms with E-state index in [1.165, 1.54) is 0 Å². The fourth-order valence-corrected chi connectivity index (χ4v) is 2.86. The molecule has 5 heteroatoms. The number of nitrogens with zero attached hydrogens (tertiary/aromatic N) is 2. The lowest BCUT2D eigenvalue weighted by Crippen LogP contribution is -2.47. The number of halogens is 1. The third kappa shape index (κ3) is 2.30. The van der Waals surface area contributed by atoms with Crippen molar-refractivity contribution in [3.63, 3.8) is 0 Å². The highest BCUT2D eigenvalue weighted by atomic mass is 35.5. The van der Waals surface area contributed by atoms with Crippen LogP contribution in [0.25, 0.3) is 10.9 Å². The largest absolute Gasteiger partial charge is 0.350 e. The van der Waals surface area contributed by atoms with Crippen LogP contribution in [-0.4, -0.2) is 53.9 Å². The molecule has 2 heterocycles. The molecule has 0 spiro atoms. The molecule has 0 bridgehead atoms. The molecule has 1 aliphatic rings. The number of carbonyl (C=O) groups is 1. The number of rotatable bonds is 1. The van der Waals surface area contributed by atoms with Gasteiger partial charge in [-0.1, -0.05) is 17.7 Å². The van der Waals surface area contributed by atoms with E-state index in [0.717, 1.165) is 42.6 Å². The van der Waals surface area contributed by atoms with Gasteiger partial charge in [0.1, 0.15) is 5.69 Å². The third-order valence-corrected chi connectivity index (χ3v) is 4.26. The molecule has 0 unspecified atom stereocenters. The van der Waals surface area contributed by atoms with Crippen LogP contribution in [0.3, 0.4) is 0 Å². The Morgan fingerprint density at radius 3 is 2.65 bits per heavy atom. The first kappa shape index (κ1) is 13.5. The molecule has 1 saturated heterocycles. The first-order valence-corrected chi connectivity index (χ1v) is 7.19. The minimum Gasteiger partial charge on any atom is -0.350 e. The number of carbonyl (C=O) groups excluding carboxylic acids is 1. The molecule has 1 aromatic heterocycles. The van der Waals surface area contributed by atoms with Crippen molar-refractivity contribution in [3.05, 3.63) is 34.5 Å². The molecule has 0 saturated carbocycles. The number of piperazine rings is 1. The second-order valence-electron chi connectivity index (χ2n) is 5.41. The first-order chi connectivity index (χ1) is 9.56. The van der Waals surface area contributed by atoms with Gasteiger partial charge in [-0.05, 0) is 31.7 Å². The van der Waals surface area contributed by atoms with E-state index in [1.54, 1.807) is 0 Å². The van der Waals surface area contributed by atoms with Gasteiger partial charge >= 0.3 is 0 Å². The Kier molecular flexibility index (Phi) is 3.44. The van der Waals surface area contributed by atoms with Crippen LogP contribution in [0.4, 0.5) is 0 Å². The monoisotopic (exact) mass is 291 g/mol. The molecule has 0 radical (unpaired) electrons. The number of likely N-dealkylation sites (N-methyl/N-ethyl adjacent to an activating group) is 1. The van der Waals surface area contributed by atoms with Gasteiger partial charge in [-0.2, -0.15) is 0 Å². The fourth-order valence-electron chi connectivity index (χ4n) is 2.69. The number of amides is 1. The number of hydrogen-bond donors (Lipinski definition) is 1. The summed E-state index contributed by atoms with van der Waals surface area (Å²) in [6.07, 6.45) is 0. The normalized spacial score (nSPS) is 16.9. The first-order valence-electron chi connectivity index (χ1n) is 6.82. The van der Waals surface area contributed by atoms with E-state index in [9.17, 15) is 4.79 Å². The molecule has 20 heavy (non-hydrogen) atoms. The highest BCUT2D eigenvalue weighted by Crippen LogP contribution is 2.25. The van der Waals surface area contributed by atoms with Crippen molar-refractivity contribution < 1.29 is 4.79 Å². The van der Waals surface area contributed by atoms with Crippen molar-refractivity contribution in [1.82, 2.24) is 14.8 Å². The van der Waals surface area contributed by atoms with Crippen LogP contribution in [0.5, 0.6) is 0 Å². The van der Waals surface area contributed by atoms with Gasteiger partial charge in [-0.3, -0.25) is 4.79 Å². The van der Waals surface area contributed by atoms with E-state index in [4.69, 9.17) is 11.6 Å². The van der Waals surface area contributed by atoms with E-state index in [0.29, 0.717) is 10.7 Å². The third-order valence-electron chi connectivity index (χ3n) is 4.02. The predicted octanol–water partition coefficient (Wildman–Crippen LogP) is 2.52. The molecule has 1 aliphatic heterocycles. The second-order valence-corrected chi connectivity index (χ2v) is 5.85. The summed E-state index contributed by atoms with van der Waals surface area (Å²) in [5, 5.41) is 1.74. The summed E-state index contributed by atoms with van der Waals surface area (Å²) in [6.45, 7) is 5.40. The number of nitrogens with one attached hydrogen (secondary N) is 1. The lowest BCUT2D eigenvalue weighted by atomic mass is 10.1. The Morgan fingerprint density at radius 2 is 1.95 bits per heavy atom. The van der Waals surface area contributed by atoms with Gasteiger partial charge in [-0.15, -0.1) is 0 Å². The van der Waals surface area contributed by atoms with Gasteiger partial charge < -0.3 is 14.8 Å². The molecule has 3 rings (SSSR count). The Labute approximate surface area is 123 Å². The number of aromatic amines is 1. The smallest absolute Gasteiger partial charge is 0.270 e. The number of benzene rings is 1. The summed E-state index contributed by atoms with van der Waals surface area (Å²) in [4.78, 5) is 20.0. The van der Waals surface area contributed by atoms with Crippen LogP contribution >= 0.6 is 11.6 Å². The van der Waals surface area contributed by atoms with Gasteiger partial charge in [0.2, 0.25) is 0 Å². The van der Waals surface area contributed by atoms with E-state index < -0.39 is 0 Å². The zero-order chi connectivity index (χ0) is 14.3. The van der Waals surface area contributed by atoms with Crippen LogP contribution < -0.4 is 0 Å². The molecular weight excluding hydrogens is 274 g/mol. The minimum atomic E-state index is 0.0860. The van der Waals surface area contributed by atoms with Crippen LogP contribution in [0, 0.1) is 6.92 Å². The zero-order valence-electron chi connectivity index (χ0n) is 11.7. The molecule has 106 valence electrons. The summed E-state index contributed by atoms with van der Waals surface area (Å²) < 4.78 is 0. The molecular formula is C15H18ClN3O. The average Bonchev–Trinajstić information content (AvgIpc) is 2.75. The summed E-state index contributed by atoms with van der Waals surface area (Å²) in [6, 6.07) is 5.68. The van der Waals surface area contributed by atoms with Gasteiger partial charge in [0.25, 0.3) is 5.91 Å². The maximum atomic E-state index is 12.6. The molecule has 4 nitrogen and oxygen atoms in total. The topological polar surface area (TPSA) is 39.3 Å². The van der Waals surface area contributed by atoms with E-state index in [-0.39, 0.29) is 5.91 Å². The Balaban J connectivity index is 1.93. The van der Waals surface area contributed by atoms with Gasteiger partial charge in [0, 0.05) is 42.1 Å². The molecule has 1 N–H and O–H groups in total. The molecule has 1 fully saturated rings. The quantitative estimate of drug-likeness (QED) is 0.877. The predicted molar refractivity (Wildman–Crippen MR) is 81.4 cm³/mol. The maximum absolute atomic E-state index is 12.6. The summed E-state index contributed by atoms with van der Waals surface area (Å²) in [5.41, 5.74) is 2.61. The lowest BCUT2D eigenvalue weighted by molar-refractivity contribution is 0.0658. The Morgan fingerprint density at radius 1 is 1.25 bits per heavy atom. The number of hydrogen-bond acceptors (Lipinski definition) is 2. The number of fused-ring (bicyclic) bond motifs is 1. The van der Waals surface area contributed by atoms with Crippen LogP contribution in [0.2, 0.25) is 5.02 Å². The maximum Gasteiger partial charge on any atom is 0.270 e. The van der Waals surface area contributed by atoms with E-state index >= 15 is 0 Å². The minimum absolute atomic E-state index is 0.0860. The lowest BCUT2D eigenvalue weighted by Gasteiger charge is -2.32. The van der Waals surface area contributed by atoms with Crippen molar-refractivity contribution in [2.24, 2.45) is 0 Å². The zero-order valence-corrected chi connectivity index (χ0v) is 12.5. The summed E-state index contributed by atoms with van der Waals surface area (Å²) >= 11 is 6.00. The SMILES string of the molecule is Cc1c(C(=O)N2CCN(C)CC2)[nH]c2cc(Cl)ccc12. The molecule has 2 aromatic rings. The van der Waals surface area contributed by atoms with E-state index in [2.05, 4.69) is 16.9 Å². The van der Waals surface area contributed by atoms with Gasteiger partial charge in [0.15, 0.2) is 0 Å². The summed E-state index contributed by atoms with van der Waals surface area (Å²) in [7, 11) is 2.08. The van der Waals surface area contributed by atoms with Crippen molar-refractivity contribution in [1.29, 1.82) is 0 Å². The number of aromatic nitrogens is 1.